The van der Waals surface area contributed by atoms with Crippen LogP contribution >= 0.6 is 24.2 Å². The standard InChI is InChI=1S/C16H12ClN5O2S/c17-11-4-1-3-10(7-11)16-19-14(21-24-16)13(25)15-20-18-9-22(15)8-12-5-2-6-23-12/h1-7,9,13,25H,8H2. The fourth-order valence-corrected chi connectivity index (χ4v) is 2.86. The summed E-state index contributed by atoms with van der Waals surface area (Å²) in [5, 5.41) is 12.2. The summed E-state index contributed by atoms with van der Waals surface area (Å²) in [6, 6.07) is 10.9. The average molecular weight is 374 g/mol. The molecule has 7 nitrogen and oxygen atoms in total. The van der Waals surface area contributed by atoms with Gasteiger partial charge < -0.3 is 13.5 Å². The van der Waals surface area contributed by atoms with E-state index in [1.54, 1.807) is 24.7 Å². The van der Waals surface area contributed by atoms with Crippen molar-refractivity contribution >= 4 is 24.2 Å². The summed E-state index contributed by atoms with van der Waals surface area (Å²) in [6.45, 7) is 0.491. The molecule has 0 aliphatic carbocycles. The van der Waals surface area contributed by atoms with E-state index >= 15 is 0 Å². The highest BCUT2D eigenvalue weighted by atomic mass is 35.5. The number of hydrogen-bond donors (Lipinski definition) is 1. The third-order valence-electron chi connectivity index (χ3n) is 3.55. The fraction of sp³-hybridized carbons (Fsp3) is 0.125. The number of hydrogen-bond acceptors (Lipinski definition) is 7. The molecule has 0 saturated heterocycles. The molecule has 0 radical (unpaired) electrons. The van der Waals surface area contributed by atoms with Crippen LogP contribution in [0.3, 0.4) is 0 Å². The Labute approximate surface area is 153 Å². The van der Waals surface area contributed by atoms with Crippen molar-refractivity contribution in [2.24, 2.45) is 0 Å². The van der Waals surface area contributed by atoms with Gasteiger partial charge in [-0.3, -0.25) is 0 Å². The largest absolute Gasteiger partial charge is 0.467 e. The van der Waals surface area contributed by atoms with E-state index in [1.807, 2.05) is 28.8 Å². The molecule has 9 heteroatoms. The lowest BCUT2D eigenvalue weighted by molar-refractivity contribution is 0.422. The minimum absolute atomic E-state index is 0.369. The Bertz CT molecular complexity index is 982. The quantitative estimate of drug-likeness (QED) is 0.538. The van der Waals surface area contributed by atoms with Crippen LogP contribution in [-0.4, -0.2) is 24.9 Å². The van der Waals surface area contributed by atoms with Gasteiger partial charge in [0.05, 0.1) is 12.8 Å². The van der Waals surface area contributed by atoms with Crippen molar-refractivity contribution in [3.8, 4) is 11.5 Å². The van der Waals surface area contributed by atoms with E-state index in [1.165, 1.54) is 0 Å². The van der Waals surface area contributed by atoms with Crippen LogP contribution in [0.1, 0.15) is 22.7 Å². The van der Waals surface area contributed by atoms with Crippen molar-refractivity contribution in [1.29, 1.82) is 0 Å². The van der Waals surface area contributed by atoms with Gasteiger partial charge in [-0.25, -0.2) is 0 Å². The Balaban J connectivity index is 1.60. The first-order valence-electron chi connectivity index (χ1n) is 7.38. The number of nitrogens with zero attached hydrogens (tertiary/aromatic N) is 5. The Kier molecular flexibility index (Phi) is 4.29. The molecule has 3 heterocycles. The van der Waals surface area contributed by atoms with Crippen LogP contribution in [0.5, 0.6) is 0 Å². The Morgan fingerprint density at radius 2 is 2.16 bits per heavy atom. The molecule has 0 saturated carbocycles. The molecule has 0 spiro atoms. The summed E-state index contributed by atoms with van der Waals surface area (Å²) in [7, 11) is 0. The summed E-state index contributed by atoms with van der Waals surface area (Å²) < 4.78 is 12.5. The Morgan fingerprint density at radius 3 is 2.96 bits per heavy atom. The number of halogens is 1. The maximum Gasteiger partial charge on any atom is 0.258 e. The van der Waals surface area contributed by atoms with Gasteiger partial charge in [0, 0.05) is 10.6 Å². The van der Waals surface area contributed by atoms with Crippen LogP contribution < -0.4 is 0 Å². The first-order valence-corrected chi connectivity index (χ1v) is 8.28. The molecule has 1 unspecified atom stereocenters. The molecule has 0 N–H and O–H groups in total. The molecule has 126 valence electrons. The molecule has 1 atom stereocenters. The van der Waals surface area contributed by atoms with Crippen LogP contribution in [-0.2, 0) is 6.54 Å². The van der Waals surface area contributed by atoms with E-state index < -0.39 is 5.25 Å². The van der Waals surface area contributed by atoms with Gasteiger partial charge >= 0.3 is 0 Å². The Hall–Kier alpha value is -2.58. The van der Waals surface area contributed by atoms with Crippen LogP contribution in [0.25, 0.3) is 11.5 Å². The van der Waals surface area contributed by atoms with Crippen molar-refractivity contribution in [3.05, 3.63) is 71.4 Å². The van der Waals surface area contributed by atoms with Crippen LogP contribution in [0.15, 0.2) is 57.9 Å². The fourth-order valence-electron chi connectivity index (χ4n) is 2.37. The lowest BCUT2D eigenvalue weighted by Gasteiger charge is -2.07. The first kappa shape index (κ1) is 15.9. The van der Waals surface area contributed by atoms with Gasteiger partial charge in [0.25, 0.3) is 5.89 Å². The predicted molar refractivity (Wildman–Crippen MR) is 93.4 cm³/mol. The second-order valence-corrected chi connectivity index (χ2v) is 6.22. The average Bonchev–Trinajstić information content (AvgIpc) is 3.36. The molecule has 3 aromatic heterocycles. The third-order valence-corrected chi connectivity index (χ3v) is 4.25. The number of furan rings is 1. The van der Waals surface area contributed by atoms with Crippen LogP contribution in [0.4, 0.5) is 0 Å². The minimum Gasteiger partial charge on any atom is -0.467 e. The smallest absolute Gasteiger partial charge is 0.258 e. The molecule has 4 aromatic rings. The highest BCUT2D eigenvalue weighted by Gasteiger charge is 2.23. The number of thiol groups is 1. The van der Waals surface area contributed by atoms with Crippen molar-refractivity contribution in [1.82, 2.24) is 24.9 Å². The summed E-state index contributed by atoms with van der Waals surface area (Å²) >= 11 is 10.6. The maximum atomic E-state index is 6.00. The predicted octanol–water partition coefficient (Wildman–Crippen LogP) is 3.64. The topological polar surface area (TPSA) is 82.8 Å². The van der Waals surface area contributed by atoms with Gasteiger partial charge in [-0.05, 0) is 30.3 Å². The third kappa shape index (κ3) is 3.31. The summed E-state index contributed by atoms with van der Waals surface area (Å²) in [5.41, 5.74) is 0.740. The van der Waals surface area contributed by atoms with Gasteiger partial charge in [0.1, 0.15) is 17.3 Å². The zero-order valence-corrected chi connectivity index (χ0v) is 14.4. The van der Waals surface area contributed by atoms with Gasteiger partial charge in [0.2, 0.25) is 0 Å². The van der Waals surface area contributed by atoms with Crippen molar-refractivity contribution in [2.75, 3.05) is 0 Å². The molecule has 0 amide bonds. The van der Waals surface area contributed by atoms with E-state index in [0.717, 1.165) is 11.3 Å². The molecule has 25 heavy (non-hydrogen) atoms. The van der Waals surface area contributed by atoms with Gasteiger partial charge in [-0.1, -0.05) is 22.8 Å². The highest BCUT2D eigenvalue weighted by Crippen LogP contribution is 2.28. The van der Waals surface area contributed by atoms with Gasteiger partial charge in [-0.15, -0.1) is 10.2 Å². The molecule has 0 bridgehead atoms. The van der Waals surface area contributed by atoms with E-state index in [-0.39, 0.29) is 0 Å². The lowest BCUT2D eigenvalue weighted by Crippen LogP contribution is -2.08. The lowest BCUT2D eigenvalue weighted by atomic mass is 10.2. The second kappa shape index (κ2) is 6.73. The maximum absolute atomic E-state index is 6.00. The zero-order chi connectivity index (χ0) is 17.2. The molecular weight excluding hydrogens is 362 g/mol. The molecule has 1 aromatic carbocycles. The molecule has 4 rings (SSSR count). The molecule has 0 aliphatic rings. The number of benzene rings is 1. The van der Waals surface area contributed by atoms with Gasteiger partial charge in [-0.2, -0.15) is 17.6 Å². The summed E-state index contributed by atoms with van der Waals surface area (Å²) in [6.07, 6.45) is 3.23. The molecule has 0 aliphatic heterocycles. The summed E-state index contributed by atoms with van der Waals surface area (Å²) in [5.74, 6) is 2.15. The van der Waals surface area contributed by atoms with Gasteiger partial charge in [0.15, 0.2) is 11.6 Å². The highest BCUT2D eigenvalue weighted by molar-refractivity contribution is 7.80. The zero-order valence-electron chi connectivity index (χ0n) is 12.8. The number of aromatic nitrogens is 5. The SMILES string of the molecule is SC(c1noc(-c2cccc(Cl)c2)n1)c1nncn1Cc1ccco1. The van der Waals surface area contributed by atoms with Crippen molar-refractivity contribution in [3.63, 3.8) is 0 Å². The van der Waals surface area contributed by atoms with Crippen molar-refractivity contribution < 1.29 is 8.94 Å². The number of rotatable bonds is 5. The van der Waals surface area contributed by atoms with Crippen molar-refractivity contribution in [2.45, 2.75) is 11.8 Å². The van der Waals surface area contributed by atoms with E-state index in [9.17, 15) is 0 Å². The van der Waals surface area contributed by atoms with E-state index in [0.29, 0.717) is 29.1 Å². The monoisotopic (exact) mass is 373 g/mol. The molecular formula is C16H12ClN5O2S. The summed E-state index contributed by atoms with van der Waals surface area (Å²) in [4.78, 5) is 4.40. The second-order valence-electron chi connectivity index (χ2n) is 5.27. The van der Waals surface area contributed by atoms with E-state index in [4.69, 9.17) is 20.5 Å². The van der Waals surface area contributed by atoms with Crippen LogP contribution in [0, 0.1) is 0 Å². The van der Waals surface area contributed by atoms with E-state index in [2.05, 4.69) is 33.0 Å². The first-order chi connectivity index (χ1) is 12.2. The minimum atomic E-state index is -0.492. The normalized spacial score (nSPS) is 12.4. The van der Waals surface area contributed by atoms with Crippen LogP contribution in [0.2, 0.25) is 5.02 Å². The Morgan fingerprint density at radius 1 is 1.24 bits per heavy atom. The molecule has 0 fully saturated rings.